The van der Waals surface area contributed by atoms with Gasteiger partial charge in [0, 0.05) is 23.2 Å². The fourth-order valence-corrected chi connectivity index (χ4v) is 5.74. The normalized spacial score (nSPS) is 11.6. The van der Waals surface area contributed by atoms with Gasteiger partial charge in [0.1, 0.15) is 0 Å². The number of carbonyl (C=O) groups excluding carboxylic acids is 1. The van der Waals surface area contributed by atoms with Gasteiger partial charge in [0.2, 0.25) is 5.91 Å². The van der Waals surface area contributed by atoms with Gasteiger partial charge in [-0.25, -0.2) is 4.98 Å². The number of carbonyl (C=O) groups is 1. The molecule has 172 valence electrons. The molecule has 0 saturated heterocycles. The Bertz CT molecular complexity index is 1010. The number of fused-ring (bicyclic) bond motifs is 1. The average Bonchev–Trinajstić information content (AvgIpc) is 3.21. The summed E-state index contributed by atoms with van der Waals surface area (Å²) in [5, 5.41) is 1.94. The van der Waals surface area contributed by atoms with Crippen LogP contribution in [-0.2, 0) is 11.2 Å². The Labute approximate surface area is 205 Å². The Morgan fingerprint density at radius 2 is 1.78 bits per heavy atom. The number of thiazole rings is 1. The topological polar surface area (TPSA) is 36.4 Å². The van der Waals surface area contributed by atoms with Crippen LogP contribution in [0.15, 0.2) is 41.3 Å². The Kier molecular flexibility index (Phi) is 9.00. The van der Waals surface area contributed by atoms with E-state index >= 15 is 0 Å². The molecule has 3 aromatic rings. The molecule has 0 radical (unpaired) electrons. The van der Waals surface area contributed by atoms with Gasteiger partial charge in [-0.3, -0.25) is 9.69 Å². The first kappa shape index (κ1) is 25.0. The predicted octanol–water partition coefficient (Wildman–Crippen LogP) is 6.68. The van der Waals surface area contributed by atoms with Crippen molar-refractivity contribution in [2.45, 2.75) is 51.2 Å². The zero-order chi connectivity index (χ0) is 23.3. The van der Waals surface area contributed by atoms with Gasteiger partial charge < -0.3 is 4.90 Å². The molecule has 32 heavy (non-hydrogen) atoms. The molecule has 1 heterocycles. The molecule has 7 heteroatoms. The summed E-state index contributed by atoms with van der Waals surface area (Å²) in [6, 6.07) is 12.2. The molecule has 0 aliphatic rings. The summed E-state index contributed by atoms with van der Waals surface area (Å²) in [6.07, 6.45) is 0.355. The van der Waals surface area contributed by atoms with Crippen molar-refractivity contribution in [3.05, 3.63) is 52.5 Å². The van der Waals surface area contributed by atoms with Crippen molar-refractivity contribution in [1.82, 2.24) is 9.88 Å². The number of aromatic nitrogens is 1. The van der Waals surface area contributed by atoms with Crippen LogP contribution in [0.4, 0.5) is 5.13 Å². The summed E-state index contributed by atoms with van der Waals surface area (Å²) in [5.41, 5.74) is 2.97. The average molecular weight is 490 g/mol. The summed E-state index contributed by atoms with van der Waals surface area (Å²) in [4.78, 5) is 23.7. The molecule has 2 aromatic carbocycles. The van der Waals surface area contributed by atoms with E-state index in [1.165, 1.54) is 16.2 Å². The molecule has 4 nitrogen and oxygen atoms in total. The quantitative estimate of drug-likeness (QED) is 0.298. The van der Waals surface area contributed by atoms with Gasteiger partial charge in [0.15, 0.2) is 5.13 Å². The molecule has 0 unspecified atom stereocenters. The number of halogens is 1. The third-order valence-electron chi connectivity index (χ3n) is 5.40. The monoisotopic (exact) mass is 489 g/mol. The van der Waals surface area contributed by atoms with E-state index in [1.54, 1.807) is 0 Å². The second-order valence-electron chi connectivity index (χ2n) is 8.10. The minimum atomic E-state index is 0.0641. The number of aryl methyl sites for hydroxylation is 1. The lowest BCUT2D eigenvalue weighted by molar-refractivity contribution is -0.118. The van der Waals surface area contributed by atoms with E-state index < -0.39 is 0 Å². The van der Waals surface area contributed by atoms with Gasteiger partial charge in [-0.15, -0.1) is 11.8 Å². The van der Waals surface area contributed by atoms with E-state index in [4.69, 9.17) is 16.6 Å². The Morgan fingerprint density at radius 3 is 2.38 bits per heavy atom. The molecule has 0 aliphatic carbocycles. The van der Waals surface area contributed by atoms with E-state index in [0.717, 1.165) is 46.1 Å². The number of amides is 1. The fourth-order valence-electron chi connectivity index (χ4n) is 3.54. The number of hydrogen-bond donors (Lipinski definition) is 0. The van der Waals surface area contributed by atoms with Crippen LogP contribution >= 0.6 is 34.7 Å². The van der Waals surface area contributed by atoms with Crippen LogP contribution in [0.3, 0.4) is 0 Å². The van der Waals surface area contributed by atoms with E-state index in [1.807, 2.05) is 35.7 Å². The lowest BCUT2D eigenvalue weighted by Gasteiger charge is -2.24. The summed E-state index contributed by atoms with van der Waals surface area (Å²) in [7, 11) is 0. The lowest BCUT2D eigenvalue weighted by atomic mass is 10.1. The van der Waals surface area contributed by atoms with Crippen molar-refractivity contribution in [3.8, 4) is 0 Å². The molecule has 3 rings (SSSR count). The van der Waals surface area contributed by atoms with Crippen molar-refractivity contribution in [2.75, 3.05) is 31.1 Å². The number of hydrogen-bond acceptors (Lipinski definition) is 5. The molecule has 0 N–H and O–H groups in total. The van der Waals surface area contributed by atoms with E-state index in [9.17, 15) is 4.79 Å². The van der Waals surface area contributed by atoms with Crippen molar-refractivity contribution in [2.24, 2.45) is 0 Å². The first-order chi connectivity index (χ1) is 15.3. The summed E-state index contributed by atoms with van der Waals surface area (Å²) in [5.74, 6) is 0.0641. The van der Waals surface area contributed by atoms with Crippen LogP contribution in [0, 0.1) is 6.92 Å². The highest BCUT2D eigenvalue weighted by molar-refractivity contribution is 7.99. The van der Waals surface area contributed by atoms with Crippen LogP contribution in [0.2, 0.25) is 5.02 Å². The maximum Gasteiger partial charge on any atom is 0.233 e. The van der Waals surface area contributed by atoms with Gasteiger partial charge in [0.25, 0.3) is 0 Å². The zero-order valence-corrected chi connectivity index (χ0v) is 21.9. The predicted molar refractivity (Wildman–Crippen MR) is 141 cm³/mol. The third-order valence-corrected chi connectivity index (χ3v) is 7.96. The third kappa shape index (κ3) is 6.25. The zero-order valence-electron chi connectivity index (χ0n) is 19.5. The Hall–Kier alpha value is -1.60. The Morgan fingerprint density at radius 1 is 1.09 bits per heavy atom. The highest BCUT2D eigenvalue weighted by Crippen LogP contribution is 2.36. The first-order valence-corrected chi connectivity index (χ1v) is 13.2. The fraction of sp³-hybridized carbons (Fsp3) is 0.440. The largest absolute Gasteiger partial charge is 0.302 e. The van der Waals surface area contributed by atoms with E-state index in [-0.39, 0.29) is 5.91 Å². The Balaban J connectivity index is 1.86. The SMILES string of the molecule is CCN(CC)CCN(C(=O)Cc1ccc(SC(C)C)cc1)c1nc2c(C)ccc(Cl)c2s1. The van der Waals surface area contributed by atoms with Crippen molar-refractivity contribution < 1.29 is 4.79 Å². The second-order valence-corrected chi connectivity index (χ2v) is 11.1. The molecule has 0 aliphatic heterocycles. The number of benzene rings is 2. The maximum absolute atomic E-state index is 13.4. The highest BCUT2D eigenvalue weighted by atomic mass is 35.5. The molecular formula is C25H32ClN3OS2. The number of rotatable bonds is 10. The molecule has 0 spiro atoms. The van der Waals surface area contributed by atoms with Crippen molar-refractivity contribution in [1.29, 1.82) is 0 Å². The minimum Gasteiger partial charge on any atom is -0.302 e. The van der Waals surface area contributed by atoms with Crippen LogP contribution in [0.25, 0.3) is 10.2 Å². The van der Waals surface area contributed by atoms with Gasteiger partial charge >= 0.3 is 0 Å². The molecule has 0 fully saturated rings. The molecule has 1 aromatic heterocycles. The first-order valence-electron chi connectivity index (χ1n) is 11.2. The van der Waals surface area contributed by atoms with E-state index in [0.29, 0.717) is 23.2 Å². The minimum absolute atomic E-state index is 0.0641. The van der Waals surface area contributed by atoms with Gasteiger partial charge in [-0.2, -0.15) is 0 Å². The number of thioether (sulfide) groups is 1. The van der Waals surface area contributed by atoms with Gasteiger partial charge in [0.05, 0.1) is 21.7 Å². The van der Waals surface area contributed by atoms with Crippen LogP contribution in [-0.4, -0.2) is 47.2 Å². The maximum atomic E-state index is 13.4. The number of anilines is 1. The molecule has 1 amide bonds. The van der Waals surface area contributed by atoms with Gasteiger partial charge in [-0.1, -0.05) is 68.8 Å². The summed E-state index contributed by atoms with van der Waals surface area (Å²) >= 11 is 9.77. The molecule has 0 bridgehead atoms. The van der Waals surface area contributed by atoms with Crippen LogP contribution in [0.1, 0.15) is 38.8 Å². The standard InChI is InChI=1S/C25H32ClN3OS2/c1-6-28(7-2)14-15-29(25-27-23-18(5)8-13-21(26)24(23)32-25)22(30)16-19-9-11-20(12-10-19)31-17(3)4/h8-13,17H,6-7,14-16H2,1-5H3. The van der Waals surface area contributed by atoms with Crippen LogP contribution in [0.5, 0.6) is 0 Å². The highest BCUT2D eigenvalue weighted by Gasteiger charge is 2.22. The number of likely N-dealkylation sites (N-methyl/N-ethyl adjacent to an activating group) is 1. The number of nitrogens with zero attached hydrogens (tertiary/aromatic N) is 3. The van der Waals surface area contributed by atoms with E-state index in [2.05, 4.69) is 56.9 Å². The second kappa shape index (κ2) is 11.5. The summed E-state index contributed by atoms with van der Waals surface area (Å²) in [6.45, 7) is 14.0. The van der Waals surface area contributed by atoms with Crippen molar-refractivity contribution >= 4 is 56.0 Å². The molecular weight excluding hydrogens is 458 g/mol. The lowest BCUT2D eigenvalue weighted by Crippen LogP contribution is -2.39. The molecule has 0 atom stereocenters. The van der Waals surface area contributed by atoms with Crippen molar-refractivity contribution in [3.63, 3.8) is 0 Å². The van der Waals surface area contributed by atoms with Gasteiger partial charge in [-0.05, 0) is 49.3 Å². The summed E-state index contributed by atoms with van der Waals surface area (Å²) < 4.78 is 0.942. The van der Waals surface area contributed by atoms with Crippen LogP contribution < -0.4 is 4.90 Å². The smallest absolute Gasteiger partial charge is 0.233 e. The molecule has 0 saturated carbocycles.